The third-order valence-electron chi connectivity index (χ3n) is 7.04. The van der Waals surface area contributed by atoms with Crippen molar-refractivity contribution in [3.05, 3.63) is 59.7 Å². The molecule has 180 valence electrons. The minimum atomic E-state index is -0.819. The van der Waals surface area contributed by atoms with E-state index in [1.54, 1.807) is 6.92 Å². The molecule has 3 N–H and O–H groups in total. The van der Waals surface area contributed by atoms with E-state index < -0.39 is 18.1 Å². The van der Waals surface area contributed by atoms with Crippen LogP contribution in [-0.4, -0.2) is 41.8 Å². The fourth-order valence-corrected chi connectivity index (χ4v) is 5.24. The maximum atomic E-state index is 12.7. The zero-order valence-electron chi connectivity index (χ0n) is 19.5. The topological polar surface area (TPSA) is 105 Å². The summed E-state index contributed by atoms with van der Waals surface area (Å²) in [5.74, 6) is -0.989. The molecule has 0 radical (unpaired) electrons. The van der Waals surface area contributed by atoms with Crippen molar-refractivity contribution in [3.8, 4) is 11.1 Å². The van der Waals surface area contributed by atoms with Gasteiger partial charge in [0, 0.05) is 18.4 Å². The molecule has 2 amide bonds. The van der Waals surface area contributed by atoms with Crippen LogP contribution in [0.3, 0.4) is 0 Å². The number of hydrogen-bond donors (Lipinski definition) is 3. The van der Waals surface area contributed by atoms with Gasteiger partial charge in [0.05, 0.1) is 0 Å². The number of rotatable bonds is 8. The molecule has 1 fully saturated rings. The molecule has 7 heteroatoms. The van der Waals surface area contributed by atoms with E-state index in [1.807, 2.05) is 24.3 Å². The molecular formula is C27H32N2O5. The zero-order valence-corrected chi connectivity index (χ0v) is 19.5. The highest BCUT2D eigenvalue weighted by Gasteiger charge is 2.31. The maximum Gasteiger partial charge on any atom is 0.407 e. The van der Waals surface area contributed by atoms with Gasteiger partial charge in [-0.25, -0.2) is 4.79 Å². The molecule has 2 unspecified atom stereocenters. The van der Waals surface area contributed by atoms with Crippen molar-refractivity contribution < 1.29 is 24.2 Å². The number of amides is 2. The Labute approximate surface area is 199 Å². The normalized spacial score (nSPS) is 20.0. The second-order valence-corrected chi connectivity index (χ2v) is 9.28. The lowest BCUT2D eigenvalue weighted by atomic mass is 9.81. The minimum Gasteiger partial charge on any atom is -0.481 e. The number of carboxylic acids is 1. The Hall–Kier alpha value is -3.35. The van der Waals surface area contributed by atoms with Crippen LogP contribution in [0.4, 0.5) is 4.79 Å². The molecule has 0 bridgehead atoms. The molecule has 2 aromatic carbocycles. The van der Waals surface area contributed by atoms with Crippen molar-refractivity contribution in [1.29, 1.82) is 0 Å². The van der Waals surface area contributed by atoms with Gasteiger partial charge in [0.2, 0.25) is 5.91 Å². The number of ether oxygens (including phenoxy) is 1. The first-order chi connectivity index (χ1) is 16.4. The number of fused-ring (bicyclic) bond motifs is 3. The molecule has 3 atom stereocenters. The van der Waals surface area contributed by atoms with E-state index >= 15 is 0 Å². The molecule has 2 aliphatic rings. The lowest BCUT2D eigenvalue weighted by Crippen LogP contribution is -2.51. The van der Waals surface area contributed by atoms with Crippen molar-refractivity contribution in [1.82, 2.24) is 10.6 Å². The third-order valence-corrected chi connectivity index (χ3v) is 7.04. The highest BCUT2D eigenvalue weighted by atomic mass is 16.5. The summed E-state index contributed by atoms with van der Waals surface area (Å²) >= 11 is 0. The van der Waals surface area contributed by atoms with Crippen LogP contribution >= 0.6 is 0 Å². The van der Waals surface area contributed by atoms with E-state index in [9.17, 15) is 14.4 Å². The number of nitrogens with one attached hydrogen (secondary N) is 2. The summed E-state index contributed by atoms with van der Waals surface area (Å²) in [5.41, 5.74) is 4.58. The first-order valence-electron chi connectivity index (χ1n) is 12.1. The SMILES string of the molecule is C[C@@H](NC(=O)OCC1c2ccccc2-c2ccccc21)C(=O)NC1CCCCC1CCC(=O)O. The van der Waals surface area contributed by atoms with Gasteiger partial charge in [-0.3, -0.25) is 9.59 Å². The molecule has 7 nitrogen and oxygen atoms in total. The number of carboxylic acid groups (broad SMARTS) is 1. The maximum absolute atomic E-state index is 12.7. The van der Waals surface area contributed by atoms with Gasteiger partial charge in [0.15, 0.2) is 0 Å². The lowest BCUT2D eigenvalue weighted by molar-refractivity contribution is -0.137. The van der Waals surface area contributed by atoms with E-state index in [1.165, 1.54) is 0 Å². The molecule has 34 heavy (non-hydrogen) atoms. The Morgan fingerprint density at radius 1 is 1.00 bits per heavy atom. The molecule has 0 aromatic heterocycles. The Morgan fingerprint density at radius 2 is 1.62 bits per heavy atom. The lowest BCUT2D eigenvalue weighted by Gasteiger charge is -2.32. The van der Waals surface area contributed by atoms with E-state index in [2.05, 4.69) is 34.9 Å². The molecule has 0 spiro atoms. The Bertz CT molecular complexity index is 1010. The van der Waals surface area contributed by atoms with Gasteiger partial charge >= 0.3 is 12.1 Å². The molecule has 0 heterocycles. The van der Waals surface area contributed by atoms with E-state index in [-0.39, 0.29) is 36.8 Å². The summed E-state index contributed by atoms with van der Waals surface area (Å²) in [7, 11) is 0. The molecule has 2 aromatic rings. The number of carbonyl (C=O) groups excluding carboxylic acids is 2. The van der Waals surface area contributed by atoms with Crippen LogP contribution in [0, 0.1) is 5.92 Å². The predicted molar refractivity (Wildman–Crippen MR) is 128 cm³/mol. The second-order valence-electron chi connectivity index (χ2n) is 9.28. The summed E-state index contributed by atoms with van der Waals surface area (Å²) in [4.78, 5) is 36.2. The van der Waals surface area contributed by atoms with Crippen molar-refractivity contribution in [2.24, 2.45) is 5.92 Å². The molecule has 1 saturated carbocycles. The van der Waals surface area contributed by atoms with Gasteiger partial charge in [-0.15, -0.1) is 0 Å². The summed E-state index contributed by atoms with van der Waals surface area (Å²) in [6, 6.07) is 15.4. The summed E-state index contributed by atoms with van der Waals surface area (Å²) in [5, 5.41) is 14.6. The minimum absolute atomic E-state index is 0.0421. The van der Waals surface area contributed by atoms with Crippen LogP contribution in [0.25, 0.3) is 11.1 Å². The standard InChI is InChI=1S/C27H32N2O5/c1-17(26(32)29-24-13-7-2-8-18(24)14-15-25(30)31)28-27(33)34-16-23-21-11-5-3-9-19(21)20-10-4-6-12-22(20)23/h3-6,9-12,17-18,23-24H,2,7-8,13-16H2,1H3,(H,28,33)(H,29,32)(H,30,31)/t17-,18?,24?/m1/s1. The number of benzene rings is 2. The average molecular weight is 465 g/mol. The summed E-state index contributed by atoms with van der Waals surface area (Å²) in [6.45, 7) is 1.82. The highest BCUT2D eigenvalue weighted by Crippen LogP contribution is 2.44. The van der Waals surface area contributed by atoms with Gasteiger partial charge in [0.1, 0.15) is 12.6 Å². The highest BCUT2D eigenvalue weighted by molar-refractivity contribution is 5.85. The number of aliphatic carboxylic acids is 1. The first kappa shape index (κ1) is 23.8. The third kappa shape index (κ3) is 5.41. The van der Waals surface area contributed by atoms with E-state index in [0.29, 0.717) is 6.42 Å². The second kappa shape index (κ2) is 10.7. The van der Waals surface area contributed by atoms with Gasteiger partial charge in [0.25, 0.3) is 0 Å². The Morgan fingerprint density at radius 3 is 2.26 bits per heavy atom. The Balaban J connectivity index is 1.30. The largest absolute Gasteiger partial charge is 0.481 e. The molecule has 2 aliphatic carbocycles. The first-order valence-corrected chi connectivity index (χ1v) is 12.1. The van der Waals surface area contributed by atoms with Crippen molar-refractivity contribution in [2.45, 2.75) is 63.5 Å². The van der Waals surface area contributed by atoms with Gasteiger partial charge in [-0.1, -0.05) is 61.4 Å². The van der Waals surface area contributed by atoms with Crippen LogP contribution in [0.2, 0.25) is 0 Å². The van der Waals surface area contributed by atoms with Gasteiger partial charge in [-0.2, -0.15) is 0 Å². The fraction of sp³-hybridized carbons (Fsp3) is 0.444. The number of alkyl carbamates (subject to hydrolysis) is 1. The number of hydrogen-bond acceptors (Lipinski definition) is 4. The molecule has 0 aliphatic heterocycles. The summed E-state index contributed by atoms with van der Waals surface area (Å²) in [6.07, 6.45) is 3.81. The quantitative estimate of drug-likeness (QED) is 0.535. The van der Waals surface area contributed by atoms with Crippen LogP contribution in [0.5, 0.6) is 0 Å². The van der Waals surface area contributed by atoms with Crippen molar-refractivity contribution in [3.63, 3.8) is 0 Å². The van der Waals surface area contributed by atoms with Gasteiger partial charge in [-0.05, 0) is 54.4 Å². The molecule has 4 rings (SSSR count). The van der Waals surface area contributed by atoms with Crippen LogP contribution in [0.1, 0.15) is 62.5 Å². The predicted octanol–water partition coefficient (Wildman–Crippen LogP) is 4.45. The summed E-state index contributed by atoms with van der Waals surface area (Å²) < 4.78 is 5.54. The average Bonchev–Trinajstić information content (AvgIpc) is 3.16. The van der Waals surface area contributed by atoms with Crippen molar-refractivity contribution in [2.75, 3.05) is 6.61 Å². The van der Waals surface area contributed by atoms with Crippen LogP contribution in [-0.2, 0) is 14.3 Å². The van der Waals surface area contributed by atoms with Gasteiger partial charge < -0.3 is 20.5 Å². The Kier molecular flexibility index (Phi) is 7.50. The van der Waals surface area contributed by atoms with E-state index in [4.69, 9.17) is 9.84 Å². The van der Waals surface area contributed by atoms with Crippen LogP contribution in [0.15, 0.2) is 48.5 Å². The molecular weight excluding hydrogens is 432 g/mol. The zero-order chi connectivity index (χ0) is 24.1. The van der Waals surface area contributed by atoms with Crippen molar-refractivity contribution >= 4 is 18.0 Å². The molecule has 0 saturated heterocycles. The van der Waals surface area contributed by atoms with E-state index in [0.717, 1.165) is 47.9 Å². The van der Waals surface area contributed by atoms with Crippen LogP contribution < -0.4 is 10.6 Å². The smallest absolute Gasteiger partial charge is 0.407 e. The monoisotopic (exact) mass is 464 g/mol. The number of carbonyl (C=O) groups is 3. The fourth-order valence-electron chi connectivity index (χ4n) is 5.24.